The van der Waals surface area contributed by atoms with E-state index in [1.165, 1.54) is 6.21 Å². The smallest absolute Gasteiger partial charge is 0.262 e. The third kappa shape index (κ3) is 7.80. The van der Waals surface area contributed by atoms with E-state index in [0.29, 0.717) is 48.2 Å². The first kappa shape index (κ1) is 26.2. The Morgan fingerprint density at radius 3 is 2.49 bits per heavy atom. The van der Waals surface area contributed by atoms with Crippen molar-refractivity contribution in [3.8, 4) is 5.75 Å². The molecule has 1 fully saturated rings. The van der Waals surface area contributed by atoms with Crippen molar-refractivity contribution in [2.45, 2.75) is 19.9 Å². The molecule has 3 rings (SSSR count). The van der Waals surface area contributed by atoms with Gasteiger partial charge in [0, 0.05) is 29.2 Å². The van der Waals surface area contributed by atoms with Crippen LogP contribution in [0.5, 0.6) is 5.75 Å². The van der Waals surface area contributed by atoms with Crippen LogP contribution in [0.25, 0.3) is 0 Å². The average molecular weight is 501 g/mol. The van der Waals surface area contributed by atoms with Gasteiger partial charge in [0.05, 0.1) is 19.4 Å². The highest BCUT2D eigenvalue weighted by molar-refractivity contribution is 6.30. The van der Waals surface area contributed by atoms with Crippen LogP contribution < -0.4 is 15.5 Å². The van der Waals surface area contributed by atoms with Gasteiger partial charge in [-0.25, -0.2) is 5.43 Å². The van der Waals surface area contributed by atoms with Crippen molar-refractivity contribution in [3.05, 3.63) is 64.7 Å². The number of hydrogen-bond donors (Lipinski definition) is 2. The highest BCUT2D eigenvalue weighted by atomic mass is 35.5. The van der Waals surface area contributed by atoms with Crippen LogP contribution in [0.15, 0.2) is 53.6 Å². The van der Waals surface area contributed by atoms with Gasteiger partial charge in [0.25, 0.3) is 17.7 Å². The highest BCUT2D eigenvalue weighted by Crippen LogP contribution is 2.16. The van der Waals surface area contributed by atoms with Crippen LogP contribution in [-0.2, 0) is 14.3 Å². The molecule has 1 atom stereocenters. The van der Waals surface area contributed by atoms with Crippen LogP contribution in [0.1, 0.15) is 29.8 Å². The lowest BCUT2D eigenvalue weighted by molar-refractivity contribution is -0.137. The Balaban J connectivity index is 1.57. The van der Waals surface area contributed by atoms with E-state index in [2.05, 4.69) is 15.8 Å². The number of ether oxygens (including phenoxy) is 2. The molecule has 1 heterocycles. The summed E-state index contributed by atoms with van der Waals surface area (Å²) in [5.74, 6) is -0.681. The second-order valence-electron chi connectivity index (χ2n) is 8.26. The molecule has 1 unspecified atom stereocenters. The quantitative estimate of drug-likeness (QED) is 0.406. The Bertz CT molecular complexity index is 1050. The minimum absolute atomic E-state index is 0.108. The molecule has 1 saturated heterocycles. The van der Waals surface area contributed by atoms with E-state index >= 15 is 0 Å². The van der Waals surface area contributed by atoms with Gasteiger partial charge >= 0.3 is 0 Å². The molecule has 0 aliphatic carbocycles. The second kappa shape index (κ2) is 12.9. The van der Waals surface area contributed by atoms with Gasteiger partial charge in [-0.15, -0.1) is 0 Å². The van der Waals surface area contributed by atoms with Crippen molar-refractivity contribution in [1.82, 2.24) is 15.6 Å². The molecule has 1 aliphatic heterocycles. The Morgan fingerprint density at radius 1 is 1.11 bits per heavy atom. The molecule has 0 saturated carbocycles. The number of morpholine rings is 1. The lowest BCUT2D eigenvalue weighted by Crippen LogP contribution is -2.48. The zero-order valence-electron chi connectivity index (χ0n) is 19.7. The molecule has 0 bridgehead atoms. The van der Waals surface area contributed by atoms with E-state index in [-0.39, 0.29) is 24.3 Å². The second-order valence-corrected chi connectivity index (χ2v) is 8.69. The van der Waals surface area contributed by atoms with Crippen LogP contribution in [-0.4, -0.2) is 67.8 Å². The molecule has 10 heteroatoms. The summed E-state index contributed by atoms with van der Waals surface area (Å²) >= 11 is 5.87. The molecule has 2 N–H and O–H groups in total. The summed E-state index contributed by atoms with van der Waals surface area (Å²) in [6.45, 7) is 5.67. The standard InChI is InChI=1S/C25H29ClN4O5/c1-17(2)23(28-24(32)18-7-9-20(26)10-8-18)25(33)29-27-15-19-5-3-4-6-21(19)35-16-22(31)30-11-13-34-14-12-30/h3-10,15,17,23H,11-14,16H2,1-2H3,(H,28,32)(H,29,33). The van der Waals surface area contributed by atoms with Gasteiger partial charge < -0.3 is 19.7 Å². The lowest BCUT2D eigenvalue weighted by Gasteiger charge is -2.26. The highest BCUT2D eigenvalue weighted by Gasteiger charge is 2.24. The average Bonchev–Trinajstić information content (AvgIpc) is 2.87. The molecule has 1 aliphatic rings. The van der Waals surface area contributed by atoms with Crippen LogP contribution >= 0.6 is 11.6 Å². The molecule has 2 aromatic carbocycles. The number of rotatable bonds is 9. The number of hydrazone groups is 1. The number of nitrogens with one attached hydrogen (secondary N) is 2. The van der Waals surface area contributed by atoms with Gasteiger partial charge in [0.15, 0.2) is 6.61 Å². The fraction of sp³-hybridized carbons (Fsp3) is 0.360. The Labute approximate surface area is 209 Å². The van der Waals surface area contributed by atoms with E-state index in [0.717, 1.165) is 0 Å². The third-order valence-corrected chi connectivity index (χ3v) is 5.61. The molecule has 9 nitrogen and oxygen atoms in total. The molecule has 186 valence electrons. The van der Waals surface area contributed by atoms with Crippen molar-refractivity contribution in [2.75, 3.05) is 32.9 Å². The first-order valence-electron chi connectivity index (χ1n) is 11.3. The Hall–Kier alpha value is -3.43. The zero-order chi connectivity index (χ0) is 25.2. The number of hydrogen-bond acceptors (Lipinski definition) is 6. The number of nitrogens with zero attached hydrogens (tertiary/aromatic N) is 2. The van der Waals surface area contributed by atoms with Crippen LogP contribution in [0, 0.1) is 5.92 Å². The fourth-order valence-corrected chi connectivity index (χ4v) is 3.48. The minimum atomic E-state index is -0.798. The monoisotopic (exact) mass is 500 g/mol. The Kier molecular flexibility index (Phi) is 9.63. The van der Waals surface area contributed by atoms with Gasteiger partial charge in [0.2, 0.25) is 0 Å². The van der Waals surface area contributed by atoms with E-state index in [1.54, 1.807) is 53.4 Å². The minimum Gasteiger partial charge on any atom is -0.483 e. The maximum absolute atomic E-state index is 12.7. The predicted octanol–water partition coefficient (Wildman–Crippen LogP) is 2.48. The first-order valence-corrected chi connectivity index (χ1v) is 11.7. The SMILES string of the molecule is CC(C)C(NC(=O)c1ccc(Cl)cc1)C(=O)NN=Cc1ccccc1OCC(=O)N1CCOCC1. The van der Waals surface area contributed by atoms with Crippen LogP contribution in [0.2, 0.25) is 5.02 Å². The van der Waals surface area contributed by atoms with Crippen molar-refractivity contribution in [1.29, 1.82) is 0 Å². The molecule has 0 aromatic heterocycles. The number of amides is 3. The van der Waals surface area contributed by atoms with E-state index < -0.39 is 11.9 Å². The van der Waals surface area contributed by atoms with Gasteiger partial charge in [0.1, 0.15) is 11.8 Å². The van der Waals surface area contributed by atoms with Gasteiger partial charge in [-0.3, -0.25) is 14.4 Å². The zero-order valence-corrected chi connectivity index (χ0v) is 20.5. The van der Waals surface area contributed by atoms with Gasteiger partial charge in [-0.2, -0.15) is 5.10 Å². The van der Waals surface area contributed by atoms with Gasteiger partial charge in [-0.05, 0) is 42.3 Å². The summed E-state index contributed by atoms with van der Waals surface area (Å²) in [5, 5.41) is 7.28. The van der Waals surface area contributed by atoms with E-state index in [1.807, 2.05) is 13.8 Å². The number of carbonyl (C=O) groups is 3. The van der Waals surface area contributed by atoms with E-state index in [4.69, 9.17) is 21.1 Å². The summed E-state index contributed by atoms with van der Waals surface area (Å²) in [6, 6.07) is 12.7. The maximum Gasteiger partial charge on any atom is 0.262 e. The summed E-state index contributed by atoms with van der Waals surface area (Å²) in [4.78, 5) is 39.3. The van der Waals surface area contributed by atoms with Gasteiger partial charge in [-0.1, -0.05) is 37.6 Å². The summed E-state index contributed by atoms with van der Waals surface area (Å²) in [6.07, 6.45) is 1.44. The number of para-hydroxylation sites is 1. The molecule has 3 amide bonds. The molecular formula is C25H29ClN4O5. The first-order chi connectivity index (χ1) is 16.8. The molecule has 0 radical (unpaired) electrons. The van der Waals surface area contributed by atoms with Crippen LogP contribution in [0.3, 0.4) is 0 Å². The third-order valence-electron chi connectivity index (χ3n) is 5.35. The number of benzene rings is 2. The molecule has 35 heavy (non-hydrogen) atoms. The summed E-state index contributed by atoms with van der Waals surface area (Å²) in [5.41, 5.74) is 3.46. The largest absolute Gasteiger partial charge is 0.483 e. The molecule has 2 aromatic rings. The van der Waals surface area contributed by atoms with Crippen LogP contribution in [0.4, 0.5) is 0 Å². The molecular weight excluding hydrogens is 472 g/mol. The molecule has 0 spiro atoms. The number of halogens is 1. The normalized spacial score (nSPS) is 14.6. The topological polar surface area (TPSA) is 109 Å². The Morgan fingerprint density at radius 2 is 1.80 bits per heavy atom. The van der Waals surface area contributed by atoms with Crippen molar-refractivity contribution < 1.29 is 23.9 Å². The van der Waals surface area contributed by atoms with Crippen molar-refractivity contribution in [3.63, 3.8) is 0 Å². The summed E-state index contributed by atoms with van der Waals surface area (Å²) in [7, 11) is 0. The fourth-order valence-electron chi connectivity index (χ4n) is 3.36. The van der Waals surface area contributed by atoms with Crippen molar-refractivity contribution in [2.24, 2.45) is 11.0 Å². The summed E-state index contributed by atoms with van der Waals surface area (Å²) < 4.78 is 11.0. The lowest BCUT2D eigenvalue weighted by atomic mass is 10.0. The van der Waals surface area contributed by atoms with Crippen molar-refractivity contribution >= 4 is 35.5 Å². The van der Waals surface area contributed by atoms with E-state index in [9.17, 15) is 14.4 Å². The predicted molar refractivity (Wildman–Crippen MR) is 133 cm³/mol. The maximum atomic E-state index is 12.7. The number of carbonyl (C=O) groups excluding carboxylic acids is 3.